The molecule has 0 bridgehead atoms. The number of amides is 1. The van der Waals surface area contributed by atoms with Crippen molar-refractivity contribution in [2.24, 2.45) is 5.92 Å². The van der Waals surface area contributed by atoms with Gasteiger partial charge in [-0.05, 0) is 43.4 Å². The Kier molecular flexibility index (Phi) is 5.88. The van der Waals surface area contributed by atoms with E-state index < -0.39 is 0 Å². The molecule has 23 heavy (non-hydrogen) atoms. The van der Waals surface area contributed by atoms with Crippen LogP contribution in [0.25, 0.3) is 0 Å². The molecule has 2 heterocycles. The van der Waals surface area contributed by atoms with Crippen molar-refractivity contribution in [3.8, 4) is 0 Å². The first-order valence-corrected chi connectivity index (χ1v) is 7.93. The van der Waals surface area contributed by atoms with Crippen LogP contribution >= 0.6 is 12.4 Å². The number of carbonyl (C=O) groups excluding carboxylic acids is 2. The summed E-state index contributed by atoms with van der Waals surface area (Å²) in [6, 6.07) is 5.89. The van der Waals surface area contributed by atoms with Gasteiger partial charge >= 0.3 is 5.97 Å². The van der Waals surface area contributed by atoms with Crippen molar-refractivity contribution >= 4 is 30.0 Å². The van der Waals surface area contributed by atoms with E-state index in [1.807, 2.05) is 23.1 Å². The van der Waals surface area contributed by atoms with Crippen LogP contribution in [0.3, 0.4) is 0 Å². The van der Waals surface area contributed by atoms with Crippen molar-refractivity contribution in [1.29, 1.82) is 0 Å². The first kappa shape index (κ1) is 17.6. The SMILES string of the molecule is COC(=O)C1CCN(C(=O)c2cccc3c2CCCN3)CC1.Cl. The molecule has 0 aliphatic carbocycles. The summed E-state index contributed by atoms with van der Waals surface area (Å²) in [6.45, 7) is 2.21. The highest BCUT2D eigenvalue weighted by Gasteiger charge is 2.29. The summed E-state index contributed by atoms with van der Waals surface area (Å²) in [6.07, 6.45) is 3.38. The minimum absolute atomic E-state index is 0. The lowest BCUT2D eigenvalue weighted by molar-refractivity contribution is -0.146. The molecule has 1 saturated heterocycles. The fourth-order valence-corrected chi connectivity index (χ4v) is 3.37. The Morgan fingerprint density at radius 3 is 2.70 bits per heavy atom. The van der Waals surface area contributed by atoms with Gasteiger partial charge in [-0.2, -0.15) is 0 Å². The summed E-state index contributed by atoms with van der Waals surface area (Å²) < 4.78 is 4.79. The minimum atomic E-state index is -0.159. The van der Waals surface area contributed by atoms with E-state index in [1.54, 1.807) is 0 Å². The van der Waals surface area contributed by atoms with Crippen LogP contribution in [-0.4, -0.2) is 43.5 Å². The highest BCUT2D eigenvalue weighted by Crippen LogP contribution is 2.27. The minimum Gasteiger partial charge on any atom is -0.469 e. The Balaban J connectivity index is 0.00000192. The Labute approximate surface area is 142 Å². The van der Waals surface area contributed by atoms with Crippen molar-refractivity contribution in [1.82, 2.24) is 4.90 Å². The molecule has 2 aliphatic rings. The molecule has 0 atom stereocenters. The molecule has 1 fully saturated rings. The number of hydrogen-bond acceptors (Lipinski definition) is 4. The number of anilines is 1. The topological polar surface area (TPSA) is 58.6 Å². The second kappa shape index (κ2) is 7.68. The van der Waals surface area contributed by atoms with Crippen LogP contribution in [0.2, 0.25) is 0 Å². The first-order chi connectivity index (χ1) is 10.7. The third-order valence-corrected chi connectivity index (χ3v) is 4.64. The molecule has 0 radical (unpaired) electrons. The zero-order valence-corrected chi connectivity index (χ0v) is 14.2. The molecule has 126 valence electrons. The number of esters is 1. The van der Waals surface area contributed by atoms with E-state index in [-0.39, 0.29) is 30.2 Å². The Bertz CT molecular complexity index is 583. The van der Waals surface area contributed by atoms with Gasteiger partial charge in [0.1, 0.15) is 0 Å². The Morgan fingerprint density at radius 1 is 1.26 bits per heavy atom. The van der Waals surface area contributed by atoms with E-state index in [1.165, 1.54) is 7.11 Å². The van der Waals surface area contributed by atoms with Gasteiger partial charge in [0.25, 0.3) is 5.91 Å². The number of hydrogen-bond donors (Lipinski definition) is 1. The standard InChI is InChI=1S/C17H22N2O3.ClH/c1-22-17(21)12-7-10-19(11-8-12)16(20)14-4-2-6-15-13(14)5-3-9-18-15;/h2,4,6,12,18H,3,5,7-11H2,1H3;1H. The maximum Gasteiger partial charge on any atom is 0.308 e. The smallest absolute Gasteiger partial charge is 0.308 e. The van der Waals surface area contributed by atoms with Crippen LogP contribution in [0.4, 0.5) is 5.69 Å². The van der Waals surface area contributed by atoms with Crippen molar-refractivity contribution in [2.45, 2.75) is 25.7 Å². The van der Waals surface area contributed by atoms with Gasteiger partial charge in [-0.1, -0.05) is 6.07 Å². The molecule has 1 aromatic rings. The van der Waals surface area contributed by atoms with Crippen LogP contribution in [0.15, 0.2) is 18.2 Å². The van der Waals surface area contributed by atoms with Gasteiger partial charge in [0, 0.05) is 30.9 Å². The van der Waals surface area contributed by atoms with Crippen LogP contribution < -0.4 is 5.32 Å². The molecule has 1 N–H and O–H groups in total. The van der Waals surface area contributed by atoms with Crippen molar-refractivity contribution in [3.05, 3.63) is 29.3 Å². The van der Waals surface area contributed by atoms with Crippen molar-refractivity contribution in [3.63, 3.8) is 0 Å². The van der Waals surface area contributed by atoms with Gasteiger partial charge in [-0.3, -0.25) is 9.59 Å². The fraction of sp³-hybridized carbons (Fsp3) is 0.529. The maximum atomic E-state index is 12.8. The average Bonchev–Trinajstić information content (AvgIpc) is 2.60. The number of nitrogens with one attached hydrogen (secondary N) is 1. The zero-order valence-electron chi connectivity index (χ0n) is 13.3. The molecule has 3 rings (SSSR count). The van der Waals surface area contributed by atoms with E-state index in [9.17, 15) is 9.59 Å². The highest BCUT2D eigenvalue weighted by molar-refractivity contribution is 5.97. The molecule has 0 saturated carbocycles. The van der Waals surface area contributed by atoms with Gasteiger partial charge in [0.2, 0.25) is 0 Å². The van der Waals surface area contributed by atoms with Crippen molar-refractivity contribution in [2.75, 3.05) is 32.1 Å². The monoisotopic (exact) mass is 338 g/mol. The van der Waals surface area contributed by atoms with Gasteiger partial charge in [0.15, 0.2) is 0 Å². The second-order valence-corrected chi connectivity index (χ2v) is 5.95. The van der Waals surface area contributed by atoms with E-state index in [2.05, 4.69) is 5.32 Å². The molecule has 5 nitrogen and oxygen atoms in total. The summed E-state index contributed by atoms with van der Waals surface area (Å²) in [5, 5.41) is 3.36. The molecule has 0 unspecified atom stereocenters. The fourth-order valence-electron chi connectivity index (χ4n) is 3.37. The molecule has 1 amide bonds. The first-order valence-electron chi connectivity index (χ1n) is 7.93. The van der Waals surface area contributed by atoms with Gasteiger partial charge in [0.05, 0.1) is 13.0 Å². The third kappa shape index (κ3) is 3.61. The number of carbonyl (C=O) groups is 2. The van der Waals surface area contributed by atoms with Gasteiger partial charge in [-0.15, -0.1) is 12.4 Å². The van der Waals surface area contributed by atoms with Crippen LogP contribution in [0.1, 0.15) is 35.2 Å². The lowest BCUT2D eigenvalue weighted by Crippen LogP contribution is -2.41. The quantitative estimate of drug-likeness (QED) is 0.842. The van der Waals surface area contributed by atoms with Gasteiger partial charge in [-0.25, -0.2) is 0 Å². The zero-order chi connectivity index (χ0) is 15.5. The molecule has 0 aromatic heterocycles. The molecule has 6 heteroatoms. The second-order valence-electron chi connectivity index (χ2n) is 5.95. The van der Waals surface area contributed by atoms with E-state index in [0.29, 0.717) is 25.9 Å². The summed E-state index contributed by atoms with van der Waals surface area (Å²) in [7, 11) is 1.42. The molecule has 2 aliphatic heterocycles. The van der Waals surface area contributed by atoms with E-state index in [0.717, 1.165) is 36.2 Å². The van der Waals surface area contributed by atoms with Crippen LogP contribution in [0, 0.1) is 5.92 Å². The molecular weight excluding hydrogens is 316 g/mol. The molecule has 0 spiro atoms. The lowest BCUT2D eigenvalue weighted by Gasteiger charge is -2.32. The summed E-state index contributed by atoms with van der Waals surface area (Å²) in [4.78, 5) is 26.2. The van der Waals surface area contributed by atoms with Gasteiger partial charge < -0.3 is 15.0 Å². The summed E-state index contributed by atoms with van der Waals surface area (Å²) in [5.74, 6) is -0.141. The number of likely N-dealkylation sites (tertiary alicyclic amines) is 1. The molecular formula is C17H23ClN2O3. The third-order valence-electron chi connectivity index (χ3n) is 4.64. The number of benzene rings is 1. The predicted octanol–water partition coefficient (Wildman–Crippen LogP) is 2.49. The number of fused-ring (bicyclic) bond motifs is 1. The number of ether oxygens (including phenoxy) is 1. The Morgan fingerprint density at radius 2 is 2.00 bits per heavy atom. The number of nitrogens with zero attached hydrogens (tertiary/aromatic N) is 1. The highest BCUT2D eigenvalue weighted by atomic mass is 35.5. The maximum absolute atomic E-state index is 12.8. The Hall–Kier alpha value is -1.75. The number of piperidine rings is 1. The summed E-state index contributed by atoms with van der Waals surface area (Å²) >= 11 is 0. The number of rotatable bonds is 2. The van der Waals surface area contributed by atoms with E-state index >= 15 is 0 Å². The number of halogens is 1. The lowest BCUT2D eigenvalue weighted by atomic mass is 9.94. The van der Waals surface area contributed by atoms with Crippen molar-refractivity contribution < 1.29 is 14.3 Å². The molecule has 1 aromatic carbocycles. The summed E-state index contributed by atoms with van der Waals surface area (Å²) in [5.41, 5.74) is 3.02. The largest absolute Gasteiger partial charge is 0.469 e. The van der Waals surface area contributed by atoms with E-state index in [4.69, 9.17) is 4.74 Å². The van der Waals surface area contributed by atoms with Crippen LogP contribution in [-0.2, 0) is 16.0 Å². The normalized spacial score (nSPS) is 17.5. The van der Waals surface area contributed by atoms with Crippen LogP contribution in [0.5, 0.6) is 0 Å². The number of methoxy groups -OCH3 is 1. The average molecular weight is 339 g/mol. The predicted molar refractivity (Wildman–Crippen MR) is 91.1 cm³/mol.